The Bertz CT molecular complexity index is 311. The number of ether oxygens (including phenoxy) is 2. The van der Waals surface area contributed by atoms with Crippen LogP contribution in [0.25, 0.3) is 0 Å². The third kappa shape index (κ3) is 5.93. The Balaban J connectivity index is 2.41. The number of carbonyl (C=O) groups is 1. The van der Waals surface area contributed by atoms with E-state index in [4.69, 9.17) is 9.47 Å². The van der Waals surface area contributed by atoms with Crippen LogP contribution in [0.15, 0.2) is 0 Å². The quantitative estimate of drug-likeness (QED) is 0.668. The molecule has 0 radical (unpaired) electrons. The van der Waals surface area contributed by atoms with Gasteiger partial charge in [-0.05, 0) is 38.5 Å². The van der Waals surface area contributed by atoms with Crippen molar-refractivity contribution in [2.24, 2.45) is 11.8 Å². The second-order valence-electron chi connectivity index (χ2n) is 6.44. The maximum absolute atomic E-state index is 11.7. The van der Waals surface area contributed by atoms with Crippen molar-refractivity contribution in [1.82, 2.24) is 5.32 Å². The van der Waals surface area contributed by atoms with Crippen molar-refractivity contribution in [3.8, 4) is 0 Å². The predicted molar refractivity (Wildman–Crippen MR) is 82.0 cm³/mol. The van der Waals surface area contributed by atoms with Crippen LogP contribution >= 0.6 is 0 Å². The molecule has 0 aliphatic heterocycles. The molecule has 0 aromatic heterocycles. The van der Waals surface area contributed by atoms with E-state index in [9.17, 15) is 9.90 Å². The topological polar surface area (TPSA) is 67.8 Å². The van der Waals surface area contributed by atoms with Crippen LogP contribution < -0.4 is 5.32 Å². The minimum absolute atomic E-state index is 0.0508. The molecule has 1 fully saturated rings. The molecular formula is C16H31NO4. The number of hydrogen-bond acceptors (Lipinski definition) is 5. The molecular weight excluding hydrogens is 270 g/mol. The summed E-state index contributed by atoms with van der Waals surface area (Å²) < 4.78 is 10.3. The second-order valence-corrected chi connectivity index (χ2v) is 6.44. The molecule has 21 heavy (non-hydrogen) atoms. The van der Waals surface area contributed by atoms with E-state index in [2.05, 4.69) is 19.2 Å². The molecule has 0 saturated heterocycles. The summed E-state index contributed by atoms with van der Waals surface area (Å²) in [6, 6.07) is 0.238. The van der Waals surface area contributed by atoms with Crippen molar-refractivity contribution in [3.05, 3.63) is 0 Å². The number of esters is 1. The zero-order valence-corrected chi connectivity index (χ0v) is 13.9. The van der Waals surface area contributed by atoms with Crippen molar-refractivity contribution < 1.29 is 19.4 Å². The molecule has 1 atom stereocenters. The lowest BCUT2D eigenvalue weighted by Crippen LogP contribution is -2.49. The maximum Gasteiger partial charge on any atom is 0.308 e. The molecule has 1 saturated carbocycles. The van der Waals surface area contributed by atoms with Crippen molar-refractivity contribution >= 4 is 5.97 Å². The van der Waals surface area contributed by atoms with Gasteiger partial charge in [-0.15, -0.1) is 0 Å². The fourth-order valence-electron chi connectivity index (χ4n) is 2.82. The van der Waals surface area contributed by atoms with Crippen LogP contribution in [-0.2, 0) is 14.3 Å². The van der Waals surface area contributed by atoms with E-state index in [-0.39, 0.29) is 17.9 Å². The third-order valence-electron chi connectivity index (χ3n) is 4.38. The summed E-state index contributed by atoms with van der Waals surface area (Å²) in [6.07, 6.45) is 2.68. The van der Waals surface area contributed by atoms with Gasteiger partial charge in [0.25, 0.3) is 0 Å². The van der Waals surface area contributed by atoms with Crippen LogP contribution in [0.1, 0.15) is 46.5 Å². The zero-order valence-electron chi connectivity index (χ0n) is 13.9. The summed E-state index contributed by atoms with van der Waals surface area (Å²) in [7, 11) is 1.69. The van der Waals surface area contributed by atoms with Gasteiger partial charge in [0.1, 0.15) is 0 Å². The summed E-state index contributed by atoms with van der Waals surface area (Å²) in [5.74, 6) is 0.279. The van der Waals surface area contributed by atoms with Gasteiger partial charge in [-0.2, -0.15) is 0 Å². The highest BCUT2D eigenvalue weighted by Gasteiger charge is 2.36. The smallest absolute Gasteiger partial charge is 0.308 e. The standard InChI is InChI=1S/C16H31NO4/c1-5-21-15(18)13-6-8-16(19,9-7-13)11-17-14(10-20-4)12(2)3/h12-14,17,19H,5-11H2,1-4H3. The lowest BCUT2D eigenvalue weighted by molar-refractivity contribution is -0.151. The molecule has 0 spiro atoms. The van der Waals surface area contributed by atoms with Crippen molar-refractivity contribution in [2.75, 3.05) is 26.9 Å². The van der Waals surface area contributed by atoms with Crippen LogP contribution in [0.3, 0.4) is 0 Å². The molecule has 0 bridgehead atoms. The lowest BCUT2D eigenvalue weighted by Gasteiger charge is -2.37. The molecule has 0 aromatic carbocycles. The van der Waals surface area contributed by atoms with Crippen LogP contribution in [0.4, 0.5) is 0 Å². The number of nitrogens with one attached hydrogen (secondary N) is 1. The van der Waals surface area contributed by atoms with Gasteiger partial charge < -0.3 is 19.9 Å². The Hall–Kier alpha value is -0.650. The monoisotopic (exact) mass is 301 g/mol. The summed E-state index contributed by atoms with van der Waals surface area (Å²) in [6.45, 7) is 7.71. The summed E-state index contributed by atoms with van der Waals surface area (Å²) >= 11 is 0. The molecule has 5 nitrogen and oxygen atoms in total. The van der Waals surface area contributed by atoms with Gasteiger partial charge in [0, 0.05) is 19.7 Å². The lowest BCUT2D eigenvalue weighted by atomic mass is 9.78. The highest BCUT2D eigenvalue weighted by molar-refractivity contribution is 5.72. The first-order chi connectivity index (χ1) is 9.91. The second kappa shape index (κ2) is 8.71. The first-order valence-electron chi connectivity index (χ1n) is 8.03. The largest absolute Gasteiger partial charge is 0.466 e. The van der Waals surface area contributed by atoms with E-state index < -0.39 is 5.60 Å². The van der Waals surface area contributed by atoms with Gasteiger partial charge in [0.05, 0.1) is 24.7 Å². The highest BCUT2D eigenvalue weighted by Crippen LogP contribution is 2.32. The van der Waals surface area contributed by atoms with Gasteiger partial charge in [0.15, 0.2) is 0 Å². The van der Waals surface area contributed by atoms with Crippen molar-refractivity contribution in [2.45, 2.75) is 58.1 Å². The summed E-state index contributed by atoms with van der Waals surface area (Å²) in [4.78, 5) is 11.7. The van der Waals surface area contributed by atoms with Crippen molar-refractivity contribution in [3.63, 3.8) is 0 Å². The summed E-state index contributed by atoms with van der Waals surface area (Å²) in [5, 5.41) is 14.1. The van der Waals surface area contributed by atoms with Crippen LogP contribution in [0.5, 0.6) is 0 Å². The Morgan fingerprint density at radius 3 is 2.48 bits per heavy atom. The molecule has 0 aromatic rings. The fourth-order valence-corrected chi connectivity index (χ4v) is 2.82. The van der Waals surface area contributed by atoms with Gasteiger partial charge in [-0.25, -0.2) is 0 Å². The molecule has 5 heteroatoms. The van der Waals surface area contributed by atoms with Crippen LogP contribution in [0, 0.1) is 11.8 Å². The Morgan fingerprint density at radius 2 is 2.00 bits per heavy atom. The average molecular weight is 301 g/mol. The molecule has 1 aliphatic rings. The minimum atomic E-state index is -0.718. The third-order valence-corrected chi connectivity index (χ3v) is 4.38. The van der Waals surface area contributed by atoms with Gasteiger partial charge in [-0.3, -0.25) is 4.79 Å². The fraction of sp³-hybridized carbons (Fsp3) is 0.938. The van der Waals surface area contributed by atoms with Gasteiger partial charge >= 0.3 is 5.97 Å². The highest BCUT2D eigenvalue weighted by atomic mass is 16.5. The zero-order chi connectivity index (χ0) is 15.9. The summed E-state index contributed by atoms with van der Waals surface area (Å²) in [5.41, 5.74) is -0.718. The number of carbonyl (C=O) groups excluding carboxylic acids is 1. The van der Waals surface area contributed by atoms with Gasteiger partial charge in [0.2, 0.25) is 0 Å². The normalized spacial score (nSPS) is 27.6. The van der Waals surface area contributed by atoms with Crippen molar-refractivity contribution in [1.29, 1.82) is 0 Å². The van der Waals surface area contributed by atoms with E-state index in [1.54, 1.807) is 7.11 Å². The Labute approximate surface area is 128 Å². The molecule has 1 aliphatic carbocycles. The average Bonchev–Trinajstić information content (AvgIpc) is 2.44. The maximum atomic E-state index is 11.7. The van der Waals surface area contributed by atoms with Crippen LogP contribution in [0.2, 0.25) is 0 Å². The molecule has 1 rings (SSSR count). The number of aliphatic hydroxyl groups is 1. The van der Waals surface area contributed by atoms with Gasteiger partial charge in [-0.1, -0.05) is 13.8 Å². The molecule has 0 amide bonds. The van der Waals surface area contributed by atoms with Crippen LogP contribution in [-0.4, -0.2) is 49.6 Å². The predicted octanol–water partition coefficient (Wildman–Crippen LogP) is 1.73. The van der Waals surface area contributed by atoms with E-state index in [1.807, 2.05) is 6.92 Å². The molecule has 0 heterocycles. The van der Waals surface area contributed by atoms with E-state index >= 15 is 0 Å². The van der Waals surface area contributed by atoms with E-state index in [1.165, 1.54) is 0 Å². The van der Waals surface area contributed by atoms with E-state index in [0.29, 0.717) is 51.4 Å². The molecule has 2 N–H and O–H groups in total. The minimum Gasteiger partial charge on any atom is -0.466 e. The Morgan fingerprint density at radius 1 is 1.38 bits per heavy atom. The first kappa shape index (κ1) is 18.4. The number of methoxy groups -OCH3 is 1. The Kier molecular flexibility index (Phi) is 7.63. The molecule has 124 valence electrons. The first-order valence-corrected chi connectivity index (χ1v) is 8.03. The SMILES string of the molecule is CCOC(=O)C1CCC(O)(CNC(COC)C(C)C)CC1. The number of rotatable bonds is 8. The molecule has 1 unspecified atom stereocenters. The van der Waals surface area contributed by atoms with E-state index in [0.717, 1.165) is 0 Å². The number of hydrogen-bond donors (Lipinski definition) is 2.